The van der Waals surface area contributed by atoms with Crippen LogP contribution in [-0.4, -0.2) is 18.5 Å². The van der Waals surface area contributed by atoms with Crippen LogP contribution < -0.4 is 10.1 Å². The topological polar surface area (TPSA) is 77.8 Å². The third-order valence-corrected chi connectivity index (χ3v) is 5.04. The number of carbonyl (C=O) groups excluding carboxylic acids is 2. The van der Waals surface area contributed by atoms with Crippen LogP contribution in [0.15, 0.2) is 81.7 Å². The van der Waals surface area contributed by atoms with E-state index in [-0.39, 0.29) is 18.1 Å². The van der Waals surface area contributed by atoms with Crippen LogP contribution in [-0.2, 0) is 16.1 Å². The first-order valence-corrected chi connectivity index (χ1v) is 10.4. The second-order valence-corrected chi connectivity index (χ2v) is 7.67. The molecule has 8 heteroatoms. The van der Waals surface area contributed by atoms with Crippen molar-refractivity contribution < 1.29 is 27.9 Å². The number of amides is 1. The molecular weight excluding hydrogens is 481 g/mol. The molecule has 0 radical (unpaired) electrons. The van der Waals surface area contributed by atoms with E-state index in [1.807, 2.05) is 30.3 Å². The maximum Gasteiger partial charge on any atom is 0.375 e. The van der Waals surface area contributed by atoms with E-state index in [1.54, 1.807) is 30.3 Å². The van der Waals surface area contributed by atoms with E-state index >= 15 is 0 Å². The number of ether oxygens (including phenoxy) is 2. The van der Waals surface area contributed by atoms with E-state index < -0.39 is 24.3 Å². The number of para-hydroxylation sites is 2. The molecule has 0 saturated carbocycles. The highest BCUT2D eigenvalue weighted by Gasteiger charge is 2.23. The number of carbonyl (C=O) groups is 2. The highest BCUT2D eigenvalue weighted by molar-refractivity contribution is 9.10. The molecule has 4 rings (SSSR count). The molecule has 0 atom stereocenters. The predicted octanol–water partition coefficient (Wildman–Crippen LogP) is 5.71. The van der Waals surface area contributed by atoms with E-state index in [1.165, 1.54) is 12.1 Å². The molecule has 1 N–H and O–H groups in total. The molecule has 0 aliphatic carbocycles. The van der Waals surface area contributed by atoms with Gasteiger partial charge in [0.1, 0.15) is 23.8 Å². The quantitative estimate of drug-likeness (QED) is 0.331. The summed E-state index contributed by atoms with van der Waals surface area (Å²) in [5.41, 5.74) is 0.983. The van der Waals surface area contributed by atoms with Gasteiger partial charge in [0.05, 0.1) is 11.3 Å². The van der Waals surface area contributed by atoms with Gasteiger partial charge in [0, 0.05) is 9.86 Å². The van der Waals surface area contributed by atoms with Gasteiger partial charge in [0.2, 0.25) is 5.76 Å². The molecule has 0 unspecified atom stereocenters. The summed E-state index contributed by atoms with van der Waals surface area (Å²) in [5, 5.41) is 3.07. The lowest BCUT2D eigenvalue weighted by atomic mass is 10.1. The summed E-state index contributed by atoms with van der Waals surface area (Å²) in [7, 11) is 0. The maximum atomic E-state index is 13.9. The lowest BCUT2D eigenvalue weighted by Crippen LogP contribution is -2.21. The van der Waals surface area contributed by atoms with Crippen LogP contribution in [0, 0.1) is 5.82 Å². The molecule has 1 heterocycles. The smallest absolute Gasteiger partial charge is 0.375 e. The number of hydrogen-bond donors (Lipinski definition) is 1. The summed E-state index contributed by atoms with van der Waals surface area (Å²) in [6.07, 6.45) is 0. The van der Waals surface area contributed by atoms with Crippen molar-refractivity contribution in [2.75, 3.05) is 11.9 Å². The number of benzene rings is 3. The van der Waals surface area contributed by atoms with E-state index in [9.17, 15) is 14.0 Å². The fourth-order valence-corrected chi connectivity index (χ4v) is 3.39. The molecule has 4 aromatic rings. The normalized spacial score (nSPS) is 10.7. The Labute approximate surface area is 191 Å². The summed E-state index contributed by atoms with van der Waals surface area (Å²) >= 11 is 3.14. The Kier molecular flexibility index (Phi) is 6.51. The SMILES string of the molecule is O=C(COC(=O)c1oc2ccccc2c1COc1ccccc1)Nc1ccc(Br)cc1F. The van der Waals surface area contributed by atoms with Gasteiger partial charge in [0.25, 0.3) is 5.91 Å². The van der Waals surface area contributed by atoms with Crippen molar-refractivity contribution in [1.29, 1.82) is 0 Å². The third-order valence-electron chi connectivity index (χ3n) is 4.55. The Morgan fingerprint density at radius 3 is 2.53 bits per heavy atom. The zero-order valence-corrected chi connectivity index (χ0v) is 18.2. The minimum atomic E-state index is -0.820. The Morgan fingerprint density at radius 1 is 1.00 bits per heavy atom. The van der Waals surface area contributed by atoms with Crippen molar-refractivity contribution in [3.05, 3.63) is 94.4 Å². The number of fused-ring (bicyclic) bond motifs is 1. The minimum Gasteiger partial charge on any atom is -0.489 e. The number of hydrogen-bond acceptors (Lipinski definition) is 5. The molecule has 0 saturated heterocycles. The second kappa shape index (κ2) is 9.65. The van der Waals surface area contributed by atoms with E-state index in [2.05, 4.69) is 21.2 Å². The Balaban J connectivity index is 1.47. The third kappa shape index (κ3) is 4.97. The molecule has 6 nitrogen and oxygen atoms in total. The molecule has 32 heavy (non-hydrogen) atoms. The molecule has 3 aromatic carbocycles. The molecule has 0 spiro atoms. The predicted molar refractivity (Wildman–Crippen MR) is 120 cm³/mol. The summed E-state index contributed by atoms with van der Waals surface area (Å²) < 4.78 is 31.0. The van der Waals surface area contributed by atoms with E-state index in [4.69, 9.17) is 13.9 Å². The van der Waals surface area contributed by atoms with Gasteiger partial charge in [-0.1, -0.05) is 52.3 Å². The molecule has 0 fully saturated rings. The standard InChI is InChI=1S/C24H17BrFNO5/c25-15-10-11-20(19(26)12-15)27-22(28)14-31-24(29)23-18(13-30-16-6-2-1-3-7-16)17-8-4-5-9-21(17)32-23/h1-12H,13-14H2,(H,27,28). The molecule has 0 aliphatic heterocycles. The van der Waals surface area contributed by atoms with Crippen LogP contribution in [0.3, 0.4) is 0 Å². The van der Waals surface area contributed by atoms with E-state index in [0.717, 1.165) is 0 Å². The fourth-order valence-electron chi connectivity index (χ4n) is 3.05. The van der Waals surface area contributed by atoms with Crippen molar-refractivity contribution >= 4 is 44.5 Å². The molecule has 162 valence electrons. The maximum absolute atomic E-state index is 13.9. The van der Waals surface area contributed by atoms with Gasteiger partial charge < -0.3 is 19.2 Å². The van der Waals surface area contributed by atoms with Crippen LogP contribution in [0.1, 0.15) is 16.1 Å². The Morgan fingerprint density at radius 2 is 1.75 bits per heavy atom. The first kappa shape index (κ1) is 21.6. The lowest BCUT2D eigenvalue weighted by molar-refractivity contribution is -0.119. The number of furan rings is 1. The van der Waals surface area contributed by atoms with Crippen LogP contribution >= 0.6 is 15.9 Å². The van der Waals surface area contributed by atoms with Crippen molar-refractivity contribution in [3.8, 4) is 5.75 Å². The Hall–Kier alpha value is -3.65. The highest BCUT2D eigenvalue weighted by atomic mass is 79.9. The number of nitrogens with one attached hydrogen (secondary N) is 1. The summed E-state index contributed by atoms with van der Waals surface area (Å²) in [4.78, 5) is 24.8. The van der Waals surface area contributed by atoms with Crippen molar-refractivity contribution in [1.82, 2.24) is 0 Å². The van der Waals surface area contributed by atoms with Gasteiger partial charge >= 0.3 is 5.97 Å². The molecule has 0 bridgehead atoms. The summed E-state index contributed by atoms with van der Waals surface area (Å²) in [6, 6.07) is 20.5. The van der Waals surface area contributed by atoms with Gasteiger partial charge in [-0.3, -0.25) is 4.79 Å². The average molecular weight is 498 g/mol. The van der Waals surface area contributed by atoms with Crippen molar-refractivity contribution in [2.24, 2.45) is 0 Å². The van der Waals surface area contributed by atoms with Crippen LogP contribution in [0.4, 0.5) is 10.1 Å². The van der Waals surface area contributed by atoms with Crippen LogP contribution in [0.2, 0.25) is 0 Å². The van der Waals surface area contributed by atoms with E-state index in [0.29, 0.717) is 26.8 Å². The van der Waals surface area contributed by atoms with Gasteiger partial charge in [-0.2, -0.15) is 0 Å². The number of anilines is 1. The first-order chi connectivity index (χ1) is 15.5. The zero-order valence-electron chi connectivity index (χ0n) is 16.6. The highest BCUT2D eigenvalue weighted by Crippen LogP contribution is 2.28. The van der Waals surface area contributed by atoms with Crippen molar-refractivity contribution in [3.63, 3.8) is 0 Å². The number of esters is 1. The number of rotatable bonds is 7. The van der Waals surface area contributed by atoms with Crippen molar-refractivity contribution in [2.45, 2.75) is 6.61 Å². The van der Waals surface area contributed by atoms with Crippen LogP contribution in [0.25, 0.3) is 11.0 Å². The Bertz CT molecular complexity index is 1270. The minimum absolute atomic E-state index is 0.0186. The van der Waals surface area contributed by atoms with Crippen LogP contribution in [0.5, 0.6) is 5.75 Å². The molecular formula is C24H17BrFNO5. The molecule has 1 aromatic heterocycles. The van der Waals surface area contributed by atoms with Gasteiger partial charge in [0.15, 0.2) is 6.61 Å². The average Bonchev–Trinajstić information content (AvgIpc) is 3.17. The fraction of sp³-hybridized carbons (Fsp3) is 0.0833. The van der Waals surface area contributed by atoms with Gasteiger partial charge in [-0.25, -0.2) is 9.18 Å². The number of halogens is 2. The second-order valence-electron chi connectivity index (χ2n) is 6.76. The first-order valence-electron chi connectivity index (χ1n) is 9.61. The zero-order chi connectivity index (χ0) is 22.5. The largest absolute Gasteiger partial charge is 0.489 e. The lowest BCUT2D eigenvalue weighted by Gasteiger charge is -2.08. The summed E-state index contributed by atoms with van der Waals surface area (Å²) in [6.45, 7) is -0.536. The van der Waals surface area contributed by atoms with Gasteiger partial charge in [-0.05, 0) is 36.4 Å². The molecule has 0 aliphatic rings. The summed E-state index contributed by atoms with van der Waals surface area (Å²) in [5.74, 6) is -1.54. The van der Waals surface area contributed by atoms with Gasteiger partial charge in [-0.15, -0.1) is 0 Å². The molecule has 1 amide bonds. The monoisotopic (exact) mass is 497 g/mol.